The van der Waals surface area contributed by atoms with Gasteiger partial charge in [-0.15, -0.1) is 0 Å². The highest BCUT2D eigenvalue weighted by Gasteiger charge is 2.46. The molecule has 0 spiro atoms. The predicted octanol–water partition coefficient (Wildman–Crippen LogP) is 2.64. The van der Waals surface area contributed by atoms with E-state index >= 15 is 0 Å². The van der Waals surface area contributed by atoms with Crippen molar-refractivity contribution in [2.75, 3.05) is 13.2 Å². The first-order valence-corrected chi connectivity index (χ1v) is 8.78. The smallest absolute Gasteiger partial charge is 0.245 e. The number of likely N-dealkylation sites (tertiary alicyclic amines) is 1. The van der Waals surface area contributed by atoms with Crippen LogP contribution in [0.3, 0.4) is 0 Å². The van der Waals surface area contributed by atoms with E-state index in [2.05, 4.69) is 5.32 Å². The Labute approximate surface area is 148 Å². The molecule has 138 valence electrons. The zero-order valence-electron chi connectivity index (χ0n) is 15.2. The summed E-state index contributed by atoms with van der Waals surface area (Å²) >= 11 is 0. The molecule has 0 aromatic heterocycles. The molecule has 1 aliphatic rings. The van der Waals surface area contributed by atoms with Gasteiger partial charge < -0.3 is 15.0 Å². The molecule has 6 heteroatoms. The lowest BCUT2D eigenvalue weighted by molar-refractivity contribution is -0.141. The molecule has 1 unspecified atom stereocenters. The summed E-state index contributed by atoms with van der Waals surface area (Å²) in [6, 6.07) is 6.13. The molecule has 25 heavy (non-hydrogen) atoms. The van der Waals surface area contributed by atoms with Crippen molar-refractivity contribution in [3.63, 3.8) is 0 Å². The first-order chi connectivity index (χ1) is 11.8. The lowest BCUT2D eigenvalue weighted by atomic mass is 9.97. The predicted molar refractivity (Wildman–Crippen MR) is 93.3 cm³/mol. The third kappa shape index (κ3) is 5.01. The highest BCUT2D eigenvalue weighted by atomic mass is 19.1. The van der Waals surface area contributed by atoms with E-state index < -0.39 is 5.54 Å². The second-order valence-corrected chi connectivity index (χ2v) is 6.91. The summed E-state index contributed by atoms with van der Waals surface area (Å²) in [6.45, 7) is 7.03. The summed E-state index contributed by atoms with van der Waals surface area (Å²) in [6.07, 6.45) is 1.69. The van der Waals surface area contributed by atoms with Crippen LogP contribution in [0, 0.1) is 5.82 Å². The van der Waals surface area contributed by atoms with E-state index in [0.29, 0.717) is 31.6 Å². The van der Waals surface area contributed by atoms with Crippen molar-refractivity contribution >= 4 is 11.8 Å². The average Bonchev–Trinajstić information content (AvgIpc) is 2.84. The molecule has 1 fully saturated rings. The largest absolute Gasteiger partial charge is 0.379 e. The second kappa shape index (κ2) is 8.43. The van der Waals surface area contributed by atoms with Crippen LogP contribution >= 0.6 is 0 Å². The van der Waals surface area contributed by atoms with Crippen molar-refractivity contribution in [2.45, 2.75) is 58.2 Å². The minimum absolute atomic E-state index is 0.0787. The number of ether oxygens (including phenoxy) is 1. The molecule has 0 aliphatic carbocycles. The standard InChI is InChI=1S/C19H27FN2O3/c1-14(2)25-11-5-10-21-18(24)19(3)9-8-17(23)22(19)13-15-6-4-7-16(20)12-15/h4,6-7,12,14H,5,8-11,13H2,1-3H3,(H,21,24). The zero-order chi connectivity index (χ0) is 18.4. The average molecular weight is 350 g/mol. The van der Waals surface area contributed by atoms with E-state index in [0.717, 1.165) is 6.42 Å². The molecule has 1 atom stereocenters. The van der Waals surface area contributed by atoms with Gasteiger partial charge in [-0.1, -0.05) is 12.1 Å². The van der Waals surface area contributed by atoms with Gasteiger partial charge in [0.2, 0.25) is 11.8 Å². The van der Waals surface area contributed by atoms with Crippen LogP contribution in [0.2, 0.25) is 0 Å². The van der Waals surface area contributed by atoms with Gasteiger partial charge in [-0.25, -0.2) is 4.39 Å². The minimum atomic E-state index is -0.900. The van der Waals surface area contributed by atoms with E-state index in [1.807, 2.05) is 13.8 Å². The van der Waals surface area contributed by atoms with E-state index in [4.69, 9.17) is 4.74 Å². The Balaban J connectivity index is 1.96. The van der Waals surface area contributed by atoms with Gasteiger partial charge in [-0.2, -0.15) is 0 Å². The number of hydrogen-bond acceptors (Lipinski definition) is 3. The molecule has 1 aromatic carbocycles. The van der Waals surface area contributed by atoms with E-state index in [1.54, 1.807) is 24.0 Å². The third-order valence-electron chi connectivity index (χ3n) is 4.50. The highest BCUT2D eigenvalue weighted by molar-refractivity contribution is 5.94. The Morgan fingerprint density at radius 3 is 2.88 bits per heavy atom. The zero-order valence-corrected chi connectivity index (χ0v) is 15.2. The molecule has 5 nitrogen and oxygen atoms in total. The molecule has 0 radical (unpaired) electrons. The quantitative estimate of drug-likeness (QED) is 0.733. The molecule has 2 amide bonds. The molecule has 1 N–H and O–H groups in total. The first kappa shape index (κ1) is 19.4. The summed E-state index contributed by atoms with van der Waals surface area (Å²) in [5.74, 6) is -0.593. The lowest BCUT2D eigenvalue weighted by Gasteiger charge is -2.34. The van der Waals surface area contributed by atoms with Crippen molar-refractivity contribution in [2.24, 2.45) is 0 Å². The maximum absolute atomic E-state index is 13.4. The number of benzene rings is 1. The SMILES string of the molecule is CC(C)OCCCNC(=O)C1(C)CCC(=O)N1Cc1cccc(F)c1. The normalized spacial score (nSPS) is 20.4. The van der Waals surface area contributed by atoms with Crippen LogP contribution in [0.25, 0.3) is 0 Å². The van der Waals surface area contributed by atoms with Crippen LogP contribution < -0.4 is 5.32 Å². The topological polar surface area (TPSA) is 58.6 Å². The highest BCUT2D eigenvalue weighted by Crippen LogP contribution is 2.32. The van der Waals surface area contributed by atoms with Crippen molar-refractivity contribution in [3.8, 4) is 0 Å². The number of amides is 2. The van der Waals surface area contributed by atoms with Crippen molar-refractivity contribution < 1.29 is 18.7 Å². The Bertz CT molecular complexity index is 620. The molecular formula is C19H27FN2O3. The number of carbonyl (C=O) groups is 2. The lowest BCUT2D eigenvalue weighted by Crippen LogP contribution is -2.54. The van der Waals surface area contributed by atoms with Crippen molar-refractivity contribution in [1.29, 1.82) is 0 Å². The van der Waals surface area contributed by atoms with Gasteiger partial charge in [0.15, 0.2) is 0 Å². The van der Waals surface area contributed by atoms with Gasteiger partial charge in [-0.3, -0.25) is 9.59 Å². The Kier molecular flexibility index (Phi) is 6.53. The fourth-order valence-electron chi connectivity index (χ4n) is 3.00. The molecule has 0 saturated carbocycles. The van der Waals surface area contributed by atoms with Gasteiger partial charge in [0, 0.05) is 26.1 Å². The molecule has 2 rings (SSSR count). The van der Waals surface area contributed by atoms with Crippen LogP contribution in [-0.4, -0.2) is 41.5 Å². The van der Waals surface area contributed by atoms with E-state index in [9.17, 15) is 14.0 Å². The van der Waals surface area contributed by atoms with Crippen molar-refractivity contribution in [1.82, 2.24) is 10.2 Å². The Hall–Kier alpha value is -1.95. The third-order valence-corrected chi connectivity index (χ3v) is 4.50. The van der Waals surface area contributed by atoms with Crippen LogP contribution in [0.4, 0.5) is 4.39 Å². The Morgan fingerprint density at radius 1 is 1.44 bits per heavy atom. The summed E-state index contributed by atoms with van der Waals surface area (Å²) in [5.41, 5.74) is -0.220. The summed E-state index contributed by atoms with van der Waals surface area (Å²) in [5, 5.41) is 2.90. The van der Waals surface area contributed by atoms with E-state index in [-0.39, 0.29) is 30.3 Å². The molecular weight excluding hydrogens is 323 g/mol. The van der Waals surface area contributed by atoms with Crippen LogP contribution in [0.5, 0.6) is 0 Å². The monoisotopic (exact) mass is 350 g/mol. The Morgan fingerprint density at radius 2 is 2.20 bits per heavy atom. The fourth-order valence-corrected chi connectivity index (χ4v) is 3.00. The molecule has 1 saturated heterocycles. The molecule has 1 heterocycles. The molecule has 0 bridgehead atoms. The molecule has 1 aromatic rings. The number of nitrogens with zero attached hydrogens (tertiary/aromatic N) is 1. The number of nitrogens with one attached hydrogen (secondary N) is 1. The van der Waals surface area contributed by atoms with Gasteiger partial charge in [0.1, 0.15) is 11.4 Å². The summed E-state index contributed by atoms with van der Waals surface area (Å²) in [4.78, 5) is 26.5. The first-order valence-electron chi connectivity index (χ1n) is 8.78. The maximum atomic E-state index is 13.4. The fraction of sp³-hybridized carbons (Fsp3) is 0.579. The molecule has 1 aliphatic heterocycles. The van der Waals surface area contributed by atoms with Gasteiger partial charge >= 0.3 is 0 Å². The second-order valence-electron chi connectivity index (χ2n) is 6.91. The van der Waals surface area contributed by atoms with Crippen LogP contribution in [-0.2, 0) is 20.9 Å². The van der Waals surface area contributed by atoms with E-state index in [1.165, 1.54) is 12.1 Å². The summed E-state index contributed by atoms with van der Waals surface area (Å²) < 4.78 is 18.8. The number of hydrogen-bond donors (Lipinski definition) is 1. The van der Waals surface area contributed by atoms with Crippen molar-refractivity contribution in [3.05, 3.63) is 35.6 Å². The van der Waals surface area contributed by atoms with Gasteiger partial charge in [0.25, 0.3) is 0 Å². The summed E-state index contributed by atoms with van der Waals surface area (Å²) in [7, 11) is 0. The van der Waals surface area contributed by atoms with Gasteiger partial charge in [0.05, 0.1) is 6.10 Å². The number of rotatable bonds is 8. The van der Waals surface area contributed by atoms with Gasteiger partial charge in [-0.05, 0) is 51.3 Å². The maximum Gasteiger partial charge on any atom is 0.245 e. The van der Waals surface area contributed by atoms with Crippen LogP contribution in [0.1, 0.15) is 45.6 Å². The number of carbonyl (C=O) groups excluding carboxylic acids is 2. The van der Waals surface area contributed by atoms with Crippen LogP contribution in [0.15, 0.2) is 24.3 Å². The number of halogens is 1. The minimum Gasteiger partial charge on any atom is -0.379 e.